The van der Waals surface area contributed by atoms with E-state index in [2.05, 4.69) is 41.2 Å². The molecule has 138 valence electrons. The molecule has 0 saturated heterocycles. The quantitative estimate of drug-likeness (QED) is 0.523. The van der Waals surface area contributed by atoms with Crippen LogP contribution in [0.1, 0.15) is 57.7 Å². The predicted octanol–water partition coefficient (Wildman–Crippen LogP) is 6.81. The van der Waals surface area contributed by atoms with Crippen molar-refractivity contribution in [1.82, 2.24) is 5.32 Å². The van der Waals surface area contributed by atoms with Crippen LogP contribution in [0.3, 0.4) is 0 Å². The Hall–Kier alpha value is -1.26. The maximum Gasteiger partial charge on any atom is 0.407 e. The molecule has 0 atom stereocenters. The maximum atomic E-state index is 11.9. The summed E-state index contributed by atoms with van der Waals surface area (Å²) in [6.07, 6.45) is 6.71. The van der Waals surface area contributed by atoms with Gasteiger partial charge in [0.15, 0.2) is 0 Å². The Morgan fingerprint density at radius 2 is 2.04 bits per heavy atom. The summed E-state index contributed by atoms with van der Waals surface area (Å²) in [6.45, 7) is 12.0. The van der Waals surface area contributed by atoms with Crippen LogP contribution in [-0.2, 0) is 11.3 Å². The molecular formula is C20H27BrClNO2. The van der Waals surface area contributed by atoms with Crippen LogP contribution in [0.5, 0.6) is 0 Å². The smallest absolute Gasteiger partial charge is 0.407 e. The Bertz CT molecular complexity index is 688. The SMILES string of the molecule is CC/C(C)=C/C=C\c1c(C)c(Cl)cc(CNC(=O)OC(C)(C)C)c1Br. The van der Waals surface area contributed by atoms with Crippen molar-refractivity contribution in [2.75, 3.05) is 0 Å². The lowest BCUT2D eigenvalue weighted by atomic mass is 10.0. The zero-order chi connectivity index (χ0) is 19.2. The van der Waals surface area contributed by atoms with Crippen molar-refractivity contribution < 1.29 is 9.53 Å². The highest BCUT2D eigenvalue weighted by Gasteiger charge is 2.17. The molecule has 0 fully saturated rings. The summed E-state index contributed by atoms with van der Waals surface area (Å²) in [5, 5.41) is 3.43. The van der Waals surface area contributed by atoms with Crippen LogP contribution < -0.4 is 5.32 Å². The summed E-state index contributed by atoms with van der Waals surface area (Å²) in [5.41, 5.74) is 3.68. The van der Waals surface area contributed by atoms with Gasteiger partial charge in [0, 0.05) is 16.0 Å². The molecule has 1 rings (SSSR count). The fourth-order valence-electron chi connectivity index (χ4n) is 2.03. The molecule has 25 heavy (non-hydrogen) atoms. The summed E-state index contributed by atoms with van der Waals surface area (Å²) >= 11 is 10.0. The lowest BCUT2D eigenvalue weighted by Gasteiger charge is -2.20. The zero-order valence-electron chi connectivity index (χ0n) is 15.8. The molecule has 0 aliphatic carbocycles. The van der Waals surface area contributed by atoms with Gasteiger partial charge < -0.3 is 10.1 Å². The van der Waals surface area contributed by atoms with Crippen molar-refractivity contribution in [3.8, 4) is 0 Å². The topological polar surface area (TPSA) is 38.3 Å². The van der Waals surface area contributed by atoms with Crippen molar-refractivity contribution in [1.29, 1.82) is 0 Å². The minimum absolute atomic E-state index is 0.333. The van der Waals surface area contributed by atoms with Gasteiger partial charge in [-0.1, -0.05) is 42.3 Å². The number of hydrogen-bond acceptors (Lipinski definition) is 2. The minimum atomic E-state index is -0.524. The number of allylic oxidation sites excluding steroid dienone is 3. The predicted molar refractivity (Wildman–Crippen MR) is 110 cm³/mol. The lowest BCUT2D eigenvalue weighted by molar-refractivity contribution is 0.0523. The Balaban J connectivity index is 3.01. The molecule has 0 radical (unpaired) electrons. The largest absolute Gasteiger partial charge is 0.444 e. The van der Waals surface area contributed by atoms with E-state index in [9.17, 15) is 4.79 Å². The van der Waals surface area contributed by atoms with Crippen LogP contribution in [-0.4, -0.2) is 11.7 Å². The Kier molecular flexibility index (Phi) is 8.23. The molecule has 0 saturated carbocycles. The molecule has 1 amide bonds. The number of alkyl carbamates (subject to hydrolysis) is 1. The van der Waals surface area contributed by atoms with Gasteiger partial charge in [-0.05, 0) is 79.7 Å². The number of amides is 1. The van der Waals surface area contributed by atoms with E-state index in [0.29, 0.717) is 11.6 Å². The number of carbonyl (C=O) groups is 1. The van der Waals surface area contributed by atoms with Crippen molar-refractivity contribution in [2.24, 2.45) is 0 Å². The van der Waals surface area contributed by atoms with Crippen molar-refractivity contribution in [3.63, 3.8) is 0 Å². The summed E-state index contributed by atoms with van der Waals surface area (Å²) < 4.78 is 6.19. The van der Waals surface area contributed by atoms with E-state index in [0.717, 1.165) is 27.6 Å². The van der Waals surface area contributed by atoms with E-state index in [1.54, 1.807) is 0 Å². The molecule has 1 aromatic carbocycles. The molecule has 0 aliphatic heterocycles. The second kappa shape index (κ2) is 9.44. The van der Waals surface area contributed by atoms with Gasteiger partial charge in [-0.3, -0.25) is 0 Å². The van der Waals surface area contributed by atoms with E-state index in [1.165, 1.54) is 5.57 Å². The maximum absolute atomic E-state index is 11.9. The highest BCUT2D eigenvalue weighted by atomic mass is 79.9. The summed E-state index contributed by atoms with van der Waals surface area (Å²) in [5.74, 6) is 0. The third kappa shape index (κ3) is 7.25. The van der Waals surface area contributed by atoms with E-state index in [4.69, 9.17) is 16.3 Å². The first kappa shape index (κ1) is 21.8. The van der Waals surface area contributed by atoms with Gasteiger partial charge in [-0.25, -0.2) is 4.79 Å². The van der Waals surface area contributed by atoms with E-state index in [1.807, 2.05) is 45.9 Å². The number of hydrogen-bond donors (Lipinski definition) is 1. The monoisotopic (exact) mass is 427 g/mol. The molecule has 5 heteroatoms. The molecule has 1 aromatic rings. The molecule has 0 aromatic heterocycles. The van der Waals surface area contributed by atoms with Gasteiger partial charge in [0.2, 0.25) is 0 Å². The first-order valence-electron chi connectivity index (χ1n) is 8.33. The molecule has 3 nitrogen and oxygen atoms in total. The minimum Gasteiger partial charge on any atom is -0.444 e. The number of nitrogens with one attached hydrogen (secondary N) is 1. The second-order valence-corrected chi connectivity index (χ2v) is 8.15. The standard InChI is InChI=1S/C20H27BrClNO2/c1-7-13(2)9-8-10-16-14(3)17(22)11-15(18(16)21)12-23-19(24)25-20(4,5)6/h8-11H,7,12H2,1-6H3,(H,23,24)/b10-8-,13-9+. The van der Waals surface area contributed by atoms with E-state index >= 15 is 0 Å². The van der Waals surface area contributed by atoms with Gasteiger partial charge >= 0.3 is 6.09 Å². The van der Waals surface area contributed by atoms with Crippen LogP contribution in [0.15, 0.2) is 28.3 Å². The Morgan fingerprint density at radius 1 is 1.40 bits per heavy atom. The second-order valence-electron chi connectivity index (χ2n) is 6.95. The third-order valence-corrected chi connectivity index (χ3v) is 4.93. The molecular weight excluding hydrogens is 402 g/mol. The fourth-order valence-corrected chi connectivity index (χ4v) is 2.94. The summed E-state index contributed by atoms with van der Waals surface area (Å²) in [7, 11) is 0. The number of carbonyl (C=O) groups excluding carboxylic acids is 1. The molecule has 0 unspecified atom stereocenters. The van der Waals surface area contributed by atoms with Crippen molar-refractivity contribution >= 4 is 39.7 Å². The van der Waals surface area contributed by atoms with Gasteiger partial charge in [0.05, 0.1) is 0 Å². The Labute approximate surface area is 164 Å². The first-order valence-corrected chi connectivity index (χ1v) is 9.50. The van der Waals surface area contributed by atoms with Gasteiger partial charge in [0.25, 0.3) is 0 Å². The lowest BCUT2D eigenvalue weighted by Crippen LogP contribution is -2.32. The molecule has 0 bridgehead atoms. The molecule has 1 N–H and O–H groups in total. The Morgan fingerprint density at radius 3 is 2.60 bits per heavy atom. The number of rotatable bonds is 5. The highest BCUT2D eigenvalue weighted by molar-refractivity contribution is 9.10. The summed E-state index contributed by atoms with van der Waals surface area (Å²) in [4.78, 5) is 11.9. The van der Waals surface area contributed by atoms with Crippen LogP contribution in [0.2, 0.25) is 5.02 Å². The average Bonchev–Trinajstić information content (AvgIpc) is 2.50. The zero-order valence-corrected chi connectivity index (χ0v) is 18.1. The summed E-state index contributed by atoms with van der Waals surface area (Å²) in [6, 6.07) is 1.86. The first-order chi connectivity index (χ1) is 11.5. The average molecular weight is 429 g/mol. The normalized spacial score (nSPS) is 12.6. The van der Waals surface area contributed by atoms with Gasteiger partial charge in [0.1, 0.15) is 5.60 Å². The van der Waals surface area contributed by atoms with E-state index < -0.39 is 11.7 Å². The van der Waals surface area contributed by atoms with E-state index in [-0.39, 0.29) is 0 Å². The number of benzene rings is 1. The van der Waals surface area contributed by atoms with Gasteiger partial charge in [-0.2, -0.15) is 0 Å². The van der Waals surface area contributed by atoms with Crippen LogP contribution >= 0.6 is 27.5 Å². The van der Waals surface area contributed by atoms with Crippen molar-refractivity contribution in [2.45, 2.75) is 60.1 Å². The van der Waals surface area contributed by atoms with Gasteiger partial charge in [-0.15, -0.1) is 0 Å². The number of halogens is 2. The molecule has 0 heterocycles. The van der Waals surface area contributed by atoms with Crippen LogP contribution in [0, 0.1) is 6.92 Å². The number of ether oxygens (including phenoxy) is 1. The van der Waals surface area contributed by atoms with Crippen LogP contribution in [0.4, 0.5) is 4.79 Å². The highest BCUT2D eigenvalue weighted by Crippen LogP contribution is 2.32. The molecule has 0 aliphatic rings. The third-order valence-electron chi connectivity index (χ3n) is 3.60. The van der Waals surface area contributed by atoms with Crippen LogP contribution in [0.25, 0.3) is 6.08 Å². The molecule has 0 spiro atoms. The fraction of sp³-hybridized carbons (Fsp3) is 0.450. The van der Waals surface area contributed by atoms with Crippen molar-refractivity contribution in [3.05, 3.63) is 50.0 Å².